The Kier molecular flexibility index (Phi) is 4.70. The summed E-state index contributed by atoms with van der Waals surface area (Å²) in [6.07, 6.45) is 2.36. The molecule has 1 saturated heterocycles. The molecule has 3 heteroatoms. The van der Waals surface area contributed by atoms with E-state index in [0.717, 1.165) is 13.0 Å². The average Bonchev–Trinajstić information content (AvgIpc) is 2.09. The van der Waals surface area contributed by atoms with Gasteiger partial charge < -0.3 is 10.6 Å². The van der Waals surface area contributed by atoms with Gasteiger partial charge in [-0.2, -0.15) is 0 Å². The number of piperazine rings is 1. The van der Waals surface area contributed by atoms with Gasteiger partial charge >= 0.3 is 0 Å². The zero-order chi connectivity index (χ0) is 9.68. The van der Waals surface area contributed by atoms with Crippen molar-refractivity contribution in [2.24, 2.45) is 5.73 Å². The molecule has 2 N–H and O–H groups in total. The fourth-order valence-electron chi connectivity index (χ4n) is 1.82. The second-order valence-corrected chi connectivity index (χ2v) is 4.15. The maximum absolute atomic E-state index is 5.99. The van der Waals surface area contributed by atoms with Crippen LogP contribution in [0.3, 0.4) is 0 Å². The first kappa shape index (κ1) is 11.0. The zero-order valence-electron chi connectivity index (χ0n) is 9.00. The molecule has 0 bridgehead atoms. The van der Waals surface area contributed by atoms with Crippen molar-refractivity contribution in [1.29, 1.82) is 0 Å². The molecule has 1 aliphatic rings. The summed E-state index contributed by atoms with van der Waals surface area (Å²) in [5.74, 6) is 0. The Hall–Kier alpha value is -0.120. The number of likely N-dealkylation sites (N-methyl/N-ethyl adjacent to an activating group) is 1. The topological polar surface area (TPSA) is 32.5 Å². The molecular weight excluding hydrogens is 162 g/mol. The molecule has 0 saturated carbocycles. The van der Waals surface area contributed by atoms with Crippen LogP contribution in [0, 0.1) is 0 Å². The summed E-state index contributed by atoms with van der Waals surface area (Å²) in [6.45, 7) is 8.05. The predicted molar refractivity (Wildman–Crippen MR) is 56.8 cm³/mol. The van der Waals surface area contributed by atoms with Crippen molar-refractivity contribution in [3.63, 3.8) is 0 Å². The number of hydrogen-bond acceptors (Lipinski definition) is 3. The summed E-state index contributed by atoms with van der Waals surface area (Å²) in [6, 6.07) is 0.383. The Morgan fingerprint density at radius 2 is 1.85 bits per heavy atom. The van der Waals surface area contributed by atoms with Gasteiger partial charge in [0, 0.05) is 38.8 Å². The predicted octanol–water partition coefficient (Wildman–Crippen LogP) is 0.361. The van der Waals surface area contributed by atoms with E-state index in [1.54, 1.807) is 0 Å². The van der Waals surface area contributed by atoms with E-state index in [-0.39, 0.29) is 0 Å². The monoisotopic (exact) mass is 185 g/mol. The second-order valence-electron chi connectivity index (χ2n) is 4.15. The number of nitrogens with zero attached hydrogens (tertiary/aromatic N) is 2. The fraction of sp³-hybridized carbons (Fsp3) is 1.00. The number of rotatable bonds is 4. The maximum Gasteiger partial charge on any atom is 0.0167 e. The molecular formula is C10H23N3. The zero-order valence-corrected chi connectivity index (χ0v) is 9.00. The minimum atomic E-state index is 0.383. The molecule has 1 unspecified atom stereocenters. The van der Waals surface area contributed by atoms with E-state index in [0.29, 0.717) is 6.04 Å². The summed E-state index contributed by atoms with van der Waals surface area (Å²) in [5, 5.41) is 0. The van der Waals surface area contributed by atoms with Crippen molar-refractivity contribution >= 4 is 0 Å². The van der Waals surface area contributed by atoms with Crippen LogP contribution in [-0.4, -0.2) is 55.6 Å². The van der Waals surface area contributed by atoms with Gasteiger partial charge in [-0.1, -0.05) is 13.3 Å². The van der Waals surface area contributed by atoms with E-state index in [1.165, 1.54) is 32.6 Å². The van der Waals surface area contributed by atoms with Gasteiger partial charge in [0.05, 0.1) is 0 Å². The van der Waals surface area contributed by atoms with Gasteiger partial charge in [0.25, 0.3) is 0 Å². The molecule has 0 aromatic rings. The van der Waals surface area contributed by atoms with Crippen LogP contribution in [0.5, 0.6) is 0 Å². The molecule has 1 rings (SSSR count). The van der Waals surface area contributed by atoms with Gasteiger partial charge in [-0.15, -0.1) is 0 Å². The lowest BCUT2D eigenvalue weighted by molar-refractivity contribution is 0.146. The highest BCUT2D eigenvalue weighted by Crippen LogP contribution is 2.02. The maximum atomic E-state index is 5.99. The SMILES string of the molecule is CCCC(N)CN1CCN(C)CC1. The summed E-state index contributed by atoms with van der Waals surface area (Å²) in [5.41, 5.74) is 5.99. The van der Waals surface area contributed by atoms with E-state index in [1.807, 2.05) is 0 Å². The van der Waals surface area contributed by atoms with Crippen LogP contribution in [0.2, 0.25) is 0 Å². The lowest BCUT2D eigenvalue weighted by Gasteiger charge is -2.33. The van der Waals surface area contributed by atoms with E-state index < -0.39 is 0 Å². The van der Waals surface area contributed by atoms with Crippen LogP contribution >= 0.6 is 0 Å². The van der Waals surface area contributed by atoms with E-state index >= 15 is 0 Å². The van der Waals surface area contributed by atoms with Gasteiger partial charge in [-0.05, 0) is 13.5 Å². The lowest BCUT2D eigenvalue weighted by Crippen LogP contribution is -2.48. The van der Waals surface area contributed by atoms with Crippen LogP contribution in [0.4, 0.5) is 0 Å². The molecule has 78 valence electrons. The van der Waals surface area contributed by atoms with Gasteiger partial charge in [0.1, 0.15) is 0 Å². The minimum absolute atomic E-state index is 0.383. The van der Waals surface area contributed by atoms with E-state index in [9.17, 15) is 0 Å². The summed E-state index contributed by atoms with van der Waals surface area (Å²) >= 11 is 0. The largest absolute Gasteiger partial charge is 0.327 e. The smallest absolute Gasteiger partial charge is 0.0167 e. The fourth-order valence-corrected chi connectivity index (χ4v) is 1.82. The Labute approximate surface area is 81.9 Å². The van der Waals surface area contributed by atoms with Crippen molar-refractivity contribution in [3.8, 4) is 0 Å². The molecule has 0 aromatic carbocycles. The Morgan fingerprint density at radius 3 is 2.38 bits per heavy atom. The Bertz CT molecular complexity index is 130. The highest BCUT2D eigenvalue weighted by molar-refractivity contribution is 4.73. The molecule has 3 nitrogen and oxygen atoms in total. The number of nitrogens with two attached hydrogens (primary N) is 1. The van der Waals surface area contributed by atoms with Crippen molar-refractivity contribution in [2.45, 2.75) is 25.8 Å². The first-order valence-electron chi connectivity index (χ1n) is 5.39. The Balaban J connectivity index is 2.14. The molecule has 0 amide bonds. The van der Waals surface area contributed by atoms with Crippen molar-refractivity contribution < 1.29 is 0 Å². The van der Waals surface area contributed by atoms with Gasteiger partial charge in [0.2, 0.25) is 0 Å². The normalized spacial score (nSPS) is 23.3. The van der Waals surface area contributed by atoms with Crippen LogP contribution in [0.15, 0.2) is 0 Å². The van der Waals surface area contributed by atoms with Gasteiger partial charge in [0.15, 0.2) is 0 Å². The summed E-state index contributed by atoms with van der Waals surface area (Å²) < 4.78 is 0. The summed E-state index contributed by atoms with van der Waals surface area (Å²) in [4.78, 5) is 4.86. The second kappa shape index (κ2) is 5.58. The average molecular weight is 185 g/mol. The first-order chi connectivity index (χ1) is 6.22. The Morgan fingerprint density at radius 1 is 1.23 bits per heavy atom. The van der Waals surface area contributed by atoms with E-state index in [2.05, 4.69) is 23.8 Å². The molecule has 1 heterocycles. The van der Waals surface area contributed by atoms with Gasteiger partial charge in [-0.3, -0.25) is 4.90 Å². The standard InChI is InChI=1S/C10H23N3/c1-3-4-10(11)9-13-7-5-12(2)6-8-13/h10H,3-9,11H2,1-2H3. The van der Waals surface area contributed by atoms with E-state index in [4.69, 9.17) is 5.73 Å². The third-order valence-electron chi connectivity index (χ3n) is 2.75. The molecule has 0 aromatic heterocycles. The number of hydrogen-bond donors (Lipinski definition) is 1. The lowest BCUT2D eigenvalue weighted by atomic mass is 10.1. The summed E-state index contributed by atoms with van der Waals surface area (Å²) in [7, 11) is 2.18. The quantitative estimate of drug-likeness (QED) is 0.686. The van der Waals surface area contributed by atoms with Crippen LogP contribution in [0.1, 0.15) is 19.8 Å². The molecule has 1 atom stereocenters. The van der Waals surface area contributed by atoms with Crippen molar-refractivity contribution in [2.75, 3.05) is 39.8 Å². The highest BCUT2D eigenvalue weighted by atomic mass is 15.2. The molecule has 0 aliphatic carbocycles. The molecule has 1 fully saturated rings. The third kappa shape index (κ3) is 4.07. The van der Waals surface area contributed by atoms with Crippen LogP contribution in [-0.2, 0) is 0 Å². The highest BCUT2D eigenvalue weighted by Gasteiger charge is 2.15. The molecule has 1 aliphatic heterocycles. The van der Waals surface area contributed by atoms with Crippen LogP contribution < -0.4 is 5.73 Å². The van der Waals surface area contributed by atoms with Crippen molar-refractivity contribution in [1.82, 2.24) is 9.80 Å². The van der Waals surface area contributed by atoms with Gasteiger partial charge in [-0.25, -0.2) is 0 Å². The first-order valence-corrected chi connectivity index (χ1v) is 5.39. The van der Waals surface area contributed by atoms with Crippen molar-refractivity contribution in [3.05, 3.63) is 0 Å². The molecule has 13 heavy (non-hydrogen) atoms. The third-order valence-corrected chi connectivity index (χ3v) is 2.75. The molecule has 0 spiro atoms. The molecule has 0 radical (unpaired) electrons. The minimum Gasteiger partial charge on any atom is -0.327 e. The van der Waals surface area contributed by atoms with Crippen LogP contribution in [0.25, 0.3) is 0 Å².